The van der Waals surface area contributed by atoms with Crippen LogP contribution >= 0.6 is 11.6 Å². The molecular weight excluding hydrogens is 330 g/mol. The zero-order valence-electron chi connectivity index (χ0n) is 13.4. The Morgan fingerprint density at radius 3 is 2.67 bits per heavy atom. The van der Waals surface area contributed by atoms with Gasteiger partial charge in [0.15, 0.2) is 0 Å². The van der Waals surface area contributed by atoms with Crippen molar-refractivity contribution in [1.82, 2.24) is 15.5 Å². The molecule has 0 saturated heterocycles. The smallest absolute Gasteiger partial charge is 0.304 e. The second-order valence-corrected chi connectivity index (χ2v) is 6.02. The second-order valence-electron chi connectivity index (χ2n) is 5.58. The lowest BCUT2D eigenvalue weighted by Crippen LogP contribution is -2.29. The van der Waals surface area contributed by atoms with E-state index in [2.05, 4.69) is 15.5 Å². The van der Waals surface area contributed by atoms with Gasteiger partial charge in [-0.05, 0) is 30.2 Å². The average molecular weight is 350 g/mol. The van der Waals surface area contributed by atoms with Gasteiger partial charge in [0.1, 0.15) is 5.69 Å². The molecule has 0 fully saturated rings. The van der Waals surface area contributed by atoms with Crippen molar-refractivity contribution in [2.75, 3.05) is 6.54 Å². The Bertz CT molecular complexity index is 697. The van der Waals surface area contributed by atoms with Gasteiger partial charge in [-0.2, -0.15) is 5.10 Å². The number of H-pyrrole nitrogens is 1. The molecule has 1 atom stereocenters. The van der Waals surface area contributed by atoms with Crippen LogP contribution in [-0.2, 0) is 11.2 Å². The Morgan fingerprint density at radius 1 is 1.33 bits per heavy atom. The van der Waals surface area contributed by atoms with Crippen molar-refractivity contribution in [3.05, 3.63) is 52.3 Å². The molecule has 24 heavy (non-hydrogen) atoms. The highest BCUT2D eigenvalue weighted by molar-refractivity contribution is 6.30. The van der Waals surface area contributed by atoms with Gasteiger partial charge >= 0.3 is 5.97 Å². The fraction of sp³-hybridized carbons (Fsp3) is 0.353. The third-order valence-electron chi connectivity index (χ3n) is 3.65. The molecule has 1 aromatic carbocycles. The molecule has 2 rings (SSSR count). The number of benzene rings is 1. The van der Waals surface area contributed by atoms with Crippen molar-refractivity contribution in [3.8, 4) is 0 Å². The van der Waals surface area contributed by atoms with E-state index >= 15 is 0 Å². The molecule has 0 unspecified atom stereocenters. The minimum atomic E-state index is -0.922. The number of aromatic nitrogens is 2. The number of hydrogen-bond acceptors (Lipinski definition) is 3. The highest BCUT2D eigenvalue weighted by Gasteiger charge is 2.18. The molecule has 0 spiro atoms. The molecule has 6 nitrogen and oxygen atoms in total. The third kappa shape index (κ3) is 5.09. The number of hydrogen-bond donors (Lipinski definition) is 3. The van der Waals surface area contributed by atoms with E-state index in [0.29, 0.717) is 10.7 Å². The molecule has 0 saturated carbocycles. The maximum absolute atomic E-state index is 12.2. The maximum atomic E-state index is 12.2. The zero-order valence-corrected chi connectivity index (χ0v) is 14.1. The van der Waals surface area contributed by atoms with Crippen LogP contribution in [0.2, 0.25) is 5.02 Å². The van der Waals surface area contributed by atoms with E-state index in [4.69, 9.17) is 16.7 Å². The largest absolute Gasteiger partial charge is 0.481 e. The minimum Gasteiger partial charge on any atom is -0.481 e. The number of aromatic amines is 1. The molecule has 0 bridgehead atoms. The van der Waals surface area contributed by atoms with Crippen molar-refractivity contribution in [3.63, 3.8) is 0 Å². The third-order valence-corrected chi connectivity index (χ3v) is 3.91. The minimum absolute atomic E-state index is 0.0798. The fourth-order valence-electron chi connectivity index (χ4n) is 2.44. The quantitative estimate of drug-likeness (QED) is 0.682. The molecule has 0 aliphatic heterocycles. The number of nitrogens with one attached hydrogen (secondary N) is 2. The van der Waals surface area contributed by atoms with Crippen LogP contribution in [0.15, 0.2) is 30.3 Å². The van der Waals surface area contributed by atoms with Crippen molar-refractivity contribution < 1.29 is 14.7 Å². The van der Waals surface area contributed by atoms with Gasteiger partial charge < -0.3 is 10.4 Å². The number of carboxylic acids is 1. The Kier molecular flexibility index (Phi) is 6.37. The van der Waals surface area contributed by atoms with Crippen molar-refractivity contribution >= 4 is 23.5 Å². The van der Waals surface area contributed by atoms with E-state index in [-0.39, 0.29) is 24.8 Å². The first-order valence-electron chi connectivity index (χ1n) is 7.79. The SMILES string of the molecule is CCCc1cc(C(=O)NC[C@@H](CC(=O)O)c2ccc(Cl)cc2)n[nH]1. The van der Waals surface area contributed by atoms with Gasteiger partial charge in [-0.25, -0.2) is 0 Å². The van der Waals surface area contributed by atoms with E-state index in [9.17, 15) is 9.59 Å². The van der Waals surface area contributed by atoms with Gasteiger partial charge in [-0.3, -0.25) is 14.7 Å². The second kappa shape index (κ2) is 8.49. The first-order valence-corrected chi connectivity index (χ1v) is 8.17. The van der Waals surface area contributed by atoms with Crippen LogP contribution in [0.25, 0.3) is 0 Å². The number of carbonyl (C=O) groups is 2. The van der Waals surface area contributed by atoms with Crippen LogP contribution in [-0.4, -0.2) is 33.7 Å². The molecule has 0 radical (unpaired) electrons. The van der Waals surface area contributed by atoms with Crippen LogP contribution in [0.1, 0.15) is 47.4 Å². The summed E-state index contributed by atoms with van der Waals surface area (Å²) in [6.07, 6.45) is 1.71. The molecule has 3 N–H and O–H groups in total. The number of halogens is 1. The van der Waals surface area contributed by atoms with Crippen molar-refractivity contribution in [1.29, 1.82) is 0 Å². The molecule has 128 valence electrons. The van der Waals surface area contributed by atoms with Crippen LogP contribution in [0, 0.1) is 0 Å². The molecule has 0 aliphatic rings. The maximum Gasteiger partial charge on any atom is 0.304 e. The highest BCUT2D eigenvalue weighted by Crippen LogP contribution is 2.21. The Labute approximate surface area is 145 Å². The first-order chi connectivity index (χ1) is 11.5. The summed E-state index contributed by atoms with van der Waals surface area (Å²) in [5.74, 6) is -1.58. The van der Waals surface area contributed by atoms with E-state index in [1.165, 1.54) is 0 Å². The van der Waals surface area contributed by atoms with Crippen LogP contribution in [0.5, 0.6) is 0 Å². The van der Waals surface area contributed by atoms with Gasteiger partial charge in [0.25, 0.3) is 5.91 Å². The fourth-order valence-corrected chi connectivity index (χ4v) is 2.56. The molecule has 7 heteroatoms. The van der Waals surface area contributed by atoms with Crippen LogP contribution in [0.4, 0.5) is 0 Å². The summed E-state index contributed by atoms with van der Waals surface area (Å²) in [6, 6.07) is 8.68. The number of rotatable bonds is 8. The number of amides is 1. The van der Waals surface area contributed by atoms with E-state index < -0.39 is 5.97 Å². The van der Waals surface area contributed by atoms with E-state index in [1.54, 1.807) is 30.3 Å². The lowest BCUT2D eigenvalue weighted by Gasteiger charge is -2.16. The summed E-state index contributed by atoms with van der Waals surface area (Å²) < 4.78 is 0. The molecule has 1 amide bonds. The number of carboxylic acid groups (broad SMARTS) is 1. The van der Waals surface area contributed by atoms with Gasteiger partial charge in [-0.15, -0.1) is 0 Å². The summed E-state index contributed by atoms with van der Waals surface area (Å²) in [4.78, 5) is 23.3. The Balaban J connectivity index is 2.02. The van der Waals surface area contributed by atoms with E-state index in [1.807, 2.05) is 6.92 Å². The summed E-state index contributed by atoms with van der Waals surface area (Å²) in [5, 5.41) is 19.2. The summed E-state index contributed by atoms with van der Waals surface area (Å²) in [7, 11) is 0. The van der Waals surface area contributed by atoms with Crippen LogP contribution < -0.4 is 5.32 Å². The van der Waals surface area contributed by atoms with Crippen molar-refractivity contribution in [2.24, 2.45) is 0 Å². The number of carbonyl (C=O) groups excluding carboxylic acids is 1. The summed E-state index contributed by atoms with van der Waals surface area (Å²) in [5.41, 5.74) is 2.03. The number of aliphatic carboxylic acids is 1. The Hall–Kier alpha value is -2.34. The highest BCUT2D eigenvalue weighted by atomic mass is 35.5. The number of aryl methyl sites for hydroxylation is 1. The summed E-state index contributed by atoms with van der Waals surface area (Å²) in [6.45, 7) is 2.26. The van der Waals surface area contributed by atoms with Crippen molar-refractivity contribution in [2.45, 2.75) is 32.1 Å². The molecule has 1 aromatic heterocycles. The normalized spacial score (nSPS) is 11.9. The van der Waals surface area contributed by atoms with Gasteiger partial charge in [0.2, 0.25) is 0 Å². The van der Waals surface area contributed by atoms with Gasteiger partial charge in [0.05, 0.1) is 6.42 Å². The average Bonchev–Trinajstić information content (AvgIpc) is 3.01. The standard InChI is InChI=1S/C17H20ClN3O3/c1-2-3-14-9-15(21-20-14)17(24)19-10-12(8-16(22)23)11-4-6-13(18)7-5-11/h4-7,9,12H,2-3,8,10H2,1H3,(H,19,24)(H,20,21)(H,22,23)/t12-/m1/s1. The Morgan fingerprint density at radius 2 is 2.04 bits per heavy atom. The summed E-state index contributed by atoms with van der Waals surface area (Å²) >= 11 is 5.86. The van der Waals surface area contributed by atoms with Gasteiger partial charge in [0, 0.05) is 23.2 Å². The van der Waals surface area contributed by atoms with E-state index in [0.717, 1.165) is 24.1 Å². The molecule has 2 aromatic rings. The zero-order chi connectivity index (χ0) is 17.5. The van der Waals surface area contributed by atoms with Crippen LogP contribution in [0.3, 0.4) is 0 Å². The molecule has 0 aliphatic carbocycles. The molecule has 1 heterocycles. The lowest BCUT2D eigenvalue weighted by molar-refractivity contribution is -0.137. The number of nitrogens with zero attached hydrogens (tertiary/aromatic N) is 1. The lowest BCUT2D eigenvalue weighted by atomic mass is 9.95. The predicted molar refractivity (Wildman–Crippen MR) is 91.4 cm³/mol. The monoisotopic (exact) mass is 349 g/mol. The first kappa shape index (κ1) is 18.0. The van der Waals surface area contributed by atoms with Gasteiger partial charge in [-0.1, -0.05) is 37.1 Å². The topological polar surface area (TPSA) is 95.1 Å². The predicted octanol–water partition coefficient (Wildman–Crippen LogP) is 3.00. The molecular formula is C17H20ClN3O3.